The smallest absolute Gasteiger partial charge is 0.408 e. The Morgan fingerprint density at radius 2 is 1.84 bits per heavy atom. The lowest BCUT2D eigenvalue weighted by atomic mass is 9.98. The number of hydrogen-bond acceptors (Lipinski definition) is 5. The monoisotopic (exact) mass is 461 g/mol. The van der Waals surface area contributed by atoms with Crippen molar-refractivity contribution in [1.29, 1.82) is 0 Å². The van der Waals surface area contributed by atoms with Crippen molar-refractivity contribution < 1.29 is 19.1 Å². The fourth-order valence-electron chi connectivity index (χ4n) is 3.19. The van der Waals surface area contributed by atoms with E-state index in [0.29, 0.717) is 5.56 Å². The van der Waals surface area contributed by atoms with Gasteiger partial charge in [0.05, 0.1) is 0 Å². The molecule has 1 rings (SSSR count). The summed E-state index contributed by atoms with van der Waals surface area (Å²) in [5, 5.41) is 5.45. The van der Waals surface area contributed by atoms with Crippen molar-refractivity contribution in [3.05, 3.63) is 35.4 Å². The van der Waals surface area contributed by atoms with Gasteiger partial charge in [0, 0.05) is 17.8 Å². The van der Waals surface area contributed by atoms with Gasteiger partial charge in [-0.2, -0.15) is 12.6 Å². The Hall–Kier alpha value is -2.66. The summed E-state index contributed by atoms with van der Waals surface area (Å²) in [5.41, 5.74) is 0.681. The molecule has 0 saturated heterocycles. The van der Waals surface area contributed by atoms with E-state index in [2.05, 4.69) is 29.3 Å². The highest BCUT2D eigenvalue weighted by atomic mass is 32.1. The molecule has 3 atom stereocenters. The molecule has 3 amide bonds. The molecule has 2 N–H and O–H groups in total. The number of aryl methyl sites for hydroxylation is 1. The maximum absolute atomic E-state index is 13.3. The molecule has 7 nitrogen and oxygen atoms in total. The van der Waals surface area contributed by atoms with E-state index in [-0.39, 0.29) is 17.7 Å². The van der Waals surface area contributed by atoms with Crippen LogP contribution >= 0.6 is 12.6 Å². The third-order valence-corrected chi connectivity index (χ3v) is 5.01. The first-order valence-electron chi connectivity index (χ1n) is 10.7. The molecule has 0 fully saturated rings. The van der Waals surface area contributed by atoms with Gasteiger partial charge in [-0.3, -0.25) is 14.5 Å². The van der Waals surface area contributed by atoms with Crippen molar-refractivity contribution in [3.63, 3.8) is 0 Å². The van der Waals surface area contributed by atoms with Crippen LogP contribution in [0, 0.1) is 19.4 Å². The van der Waals surface area contributed by atoms with E-state index >= 15 is 0 Å². The third-order valence-electron chi connectivity index (χ3n) is 4.65. The van der Waals surface area contributed by atoms with E-state index in [1.54, 1.807) is 32.9 Å². The van der Waals surface area contributed by atoms with Crippen LogP contribution in [0.5, 0.6) is 0 Å². The Morgan fingerprint density at radius 3 is 2.34 bits per heavy atom. The fourth-order valence-corrected chi connectivity index (χ4v) is 3.43. The molecular formula is C24H35N3O4S. The van der Waals surface area contributed by atoms with Gasteiger partial charge < -0.3 is 15.4 Å². The highest BCUT2D eigenvalue weighted by molar-refractivity contribution is 7.80. The molecule has 3 unspecified atom stereocenters. The first-order valence-corrected chi connectivity index (χ1v) is 11.3. The van der Waals surface area contributed by atoms with Crippen LogP contribution < -0.4 is 10.6 Å². The summed E-state index contributed by atoms with van der Waals surface area (Å²) >= 11 is 4.20. The van der Waals surface area contributed by atoms with Crippen LogP contribution in [0.3, 0.4) is 0 Å². The normalized spacial score (nSPS) is 13.8. The van der Waals surface area contributed by atoms with Gasteiger partial charge >= 0.3 is 6.09 Å². The lowest BCUT2D eigenvalue weighted by molar-refractivity contribution is -0.138. The molecule has 0 heterocycles. The largest absolute Gasteiger partial charge is 0.444 e. The SMILES string of the molecule is C#CN(C(=O)C(CS)NC(=O)OC(C)(C)C)C(C(=O)NC(C)CCC)c1ccccc1C. The Labute approximate surface area is 197 Å². The first kappa shape index (κ1) is 27.4. The lowest BCUT2D eigenvalue weighted by Crippen LogP contribution is -2.53. The second-order valence-electron chi connectivity index (χ2n) is 8.68. The quantitative estimate of drug-likeness (QED) is 0.298. The molecule has 0 spiro atoms. The van der Waals surface area contributed by atoms with Gasteiger partial charge in [0.2, 0.25) is 5.91 Å². The summed E-state index contributed by atoms with van der Waals surface area (Å²) in [6.07, 6.45) is 6.64. The predicted molar refractivity (Wildman–Crippen MR) is 129 cm³/mol. The van der Waals surface area contributed by atoms with E-state index in [1.165, 1.54) is 0 Å². The zero-order chi connectivity index (χ0) is 24.5. The van der Waals surface area contributed by atoms with Crippen molar-refractivity contribution in [1.82, 2.24) is 15.5 Å². The van der Waals surface area contributed by atoms with Crippen LogP contribution in [-0.4, -0.2) is 46.2 Å². The number of terminal acetylenes is 1. The number of nitrogens with one attached hydrogen (secondary N) is 2. The van der Waals surface area contributed by atoms with Gasteiger partial charge in [-0.1, -0.05) is 44.0 Å². The average Bonchev–Trinajstić information content (AvgIpc) is 2.69. The highest BCUT2D eigenvalue weighted by Crippen LogP contribution is 2.25. The molecule has 32 heavy (non-hydrogen) atoms. The van der Waals surface area contributed by atoms with Crippen molar-refractivity contribution in [2.75, 3.05) is 5.75 Å². The second kappa shape index (κ2) is 12.4. The van der Waals surface area contributed by atoms with E-state index in [4.69, 9.17) is 11.2 Å². The minimum absolute atomic E-state index is 0.0232. The van der Waals surface area contributed by atoms with Gasteiger partial charge in [0.1, 0.15) is 17.7 Å². The number of alkyl carbamates (subject to hydrolysis) is 1. The van der Waals surface area contributed by atoms with Crippen molar-refractivity contribution in [2.45, 2.75) is 78.1 Å². The Balaban J connectivity index is 3.28. The van der Waals surface area contributed by atoms with Gasteiger partial charge in [-0.25, -0.2) is 4.79 Å². The van der Waals surface area contributed by atoms with Crippen LogP contribution in [-0.2, 0) is 14.3 Å². The highest BCUT2D eigenvalue weighted by Gasteiger charge is 2.36. The summed E-state index contributed by atoms with van der Waals surface area (Å²) in [6.45, 7) is 10.9. The standard InChI is InChI=1S/C24H35N3O4S/c1-8-12-17(4)25-21(28)20(18-14-11-10-13-16(18)3)27(9-2)22(29)19(15-32)26-23(30)31-24(5,6)7/h2,10-11,13-14,17,19-20,32H,8,12,15H2,1,3-7H3,(H,25,28)(H,26,30). The summed E-state index contributed by atoms with van der Waals surface area (Å²) in [4.78, 5) is 39.8. The van der Waals surface area contributed by atoms with Crippen LogP contribution in [0.4, 0.5) is 4.79 Å². The van der Waals surface area contributed by atoms with Gasteiger partial charge in [0.25, 0.3) is 5.91 Å². The van der Waals surface area contributed by atoms with E-state index in [1.807, 2.05) is 32.9 Å². The number of benzene rings is 1. The second-order valence-corrected chi connectivity index (χ2v) is 9.04. The molecule has 8 heteroatoms. The average molecular weight is 462 g/mol. The number of amides is 3. The molecule has 0 aliphatic heterocycles. The van der Waals surface area contributed by atoms with Crippen LogP contribution in [0.2, 0.25) is 0 Å². The van der Waals surface area contributed by atoms with Crippen LogP contribution in [0.15, 0.2) is 24.3 Å². The fraction of sp³-hybridized carbons (Fsp3) is 0.542. The molecule has 0 bridgehead atoms. The minimum atomic E-state index is -1.07. The molecule has 176 valence electrons. The first-order chi connectivity index (χ1) is 14.9. The zero-order valence-corrected chi connectivity index (χ0v) is 20.7. The predicted octanol–water partition coefficient (Wildman–Crippen LogP) is 3.58. The number of carbonyl (C=O) groups excluding carboxylic acids is 3. The zero-order valence-electron chi connectivity index (χ0n) is 19.8. The van der Waals surface area contributed by atoms with Gasteiger partial charge in [0.15, 0.2) is 0 Å². The topological polar surface area (TPSA) is 87.7 Å². The van der Waals surface area contributed by atoms with Crippen LogP contribution in [0.25, 0.3) is 0 Å². The summed E-state index contributed by atoms with van der Waals surface area (Å²) in [7, 11) is 0. The Bertz CT molecular complexity index is 844. The molecule has 0 aliphatic carbocycles. The molecule has 1 aromatic carbocycles. The summed E-state index contributed by atoms with van der Waals surface area (Å²) in [5.74, 6) is -1.04. The molecule has 0 aromatic heterocycles. The van der Waals surface area contributed by atoms with E-state index in [9.17, 15) is 14.4 Å². The minimum Gasteiger partial charge on any atom is -0.444 e. The number of nitrogens with zero attached hydrogens (tertiary/aromatic N) is 1. The number of rotatable bonds is 9. The van der Waals surface area contributed by atoms with Crippen molar-refractivity contribution >= 4 is 30.5 Å². The maximum Gasteiger partial charge on any atom is 0.408 e. The Morgan fingerprint density at radius 1 is 1.22 bits per heavy atom. The number of thiol groups is 1. The maximum atomic E-state index is 13.3. The lowest BCUT2D eigenvalue weighted by Gasteiger charge is -2.31. The summed E-state index contributed by atoms with van der Waals surface area (Å²) in [6, 6.07) is 7.36. The molecule has 0 aliphatic rings. The van der Waals surface area contributed by atoms with Crippen molar-refractivity contribution in [3.8, 4) is 12.5 Å². The third kappa shape index (κ3) is 8.12. The molecule has 1 aromatic rings. The number of ether oxygens (including phenoxy) is 1. The molecule has 0 radical (unpaired) electrons. The van der Waals surface area contributed by atoms with E-state index < -0.39 is 29.7 Å². The van der Waals surface area contributed by atoms with Gasteiger partial charge in [-0.05, 0) is 52.2 Å². The van der Waals surface area contributed by atoms with E-state index in [0.717, 1.165) is 23.3 Å². The summed E-state index contributed by atoms with van der Waals surface area (Å²) < 4.78 is 5.24. The Kier molecular flexibility index (Phi) is 10.6. The van der Waals surface area contributed by atoms with Crippen LogP contribution in [0.1, 0.15) is 64.6 Å². The van der Waals surface area contributed by atoms with Gasteiger partial charge in [-0.15, -0.1) is 0 Å². The molecular weight excluding hydrogens is 426 g/mol. The van der Waals surface area contributed by atoms with Crippen molar-refractivity contribution in [2.24, 2.45) is 0 Å². The molecule has 0 saturated carbocycles. The number of carbonyl (C=O) groups is 3. The number of hydrogen-bond donors (Lipinski definition) is 3.